The maximum absolute atomic E-state index is 9.55. The lowest BCUT2D eigenvalue weighted by Gasteiger charge is -2.42. The van der Waals surface area contributed by atoms with E-state index >= 15 is 0 Å². The van der Waals surface area contributed by atoms with Gasteiger partial charge < -0.3 is 15.4 Å². The van der Waals surface area contributed by atoms with Crippen molar-refractivity contribution in [1.82, 2.24) is 5.32 Å². The average Bonchev–Trinajstić information content (AvgIpc) is 3.18. The van der Waals surface area contributed by atoms with E-state index in [-0.39, 0.29) is 0 Å². The largest absolute Gasteiger partial charge is 0.497 e. The molecule has 5 rings (SSSR count). The summed E-state index contributed by atoms with van der Waals surface area (Å²) in [4.78, 5) is 1.96. The minimum absolute atomic E-state index is 0.310. The van der Waals surface area contributed by atoms with Gasteiger partial charge in [-0.3, -0.25) is 4.90 Å². The van der Waals surface area contributed by atoms with Gasteiger partial charge in [0.15, 0.2) is 10.8 Å². The molecule has 32 heavy (non-hydrogen) atoms. The normalized spacial score (nSPS) is 18.3. The summed E-state index contributed by atoms with van der Waals surface area (Å²) in [7, 11) is 1.63. The molecule has 6 nitrogen and oxygen atoms in total. The van der Waals surface area contributed by atoms with Crippen LogP contribution >= 0.6 is 12.2 Å². The van der Waals surface area contributed by atoms with Gasteiger partial charge in [-0.05, 0) is 60.3 Å². The number of fused-ring (bicyclic) bond motifs is 3. The highest BCUT2D eigenvalue weighted by atomic mass is 32.1. The van der Waals surface area contributed by atoms with Crippen LogP contribution in [0.25, 0.3) is 5.70 Å². The second-order valence-electron chi connectivity index (χ2n) is 7.45. The number of ether oxygens (including phenoxy) is 1. The fraction of sp³-hybridized carbons (Fsp3) is 0.0800. The zero-order valence-corrected chi connectivity index (χ0v) is 17.9. The van der Waals surface area contributed by atoms with Crippen LogP contribution in [0.1, 0.15) is 22.3 Å². The number of benzene rings is 3. The van der Waals surface area contributed by atoms with Crippen LogP contribution in [0.5, 0.6) is 5.75 Å². The molecule has 0 radical (unpaired) electrons. The highest BCUT2D eigenvalue weighted by Crippen LogP contribution is 2.49. The van der Waals surface area contributed by atoms with Crippen molar-refractivity contribution in [3.63, 3.8) is 0 Å². The number of hydrogen-bond acceptors (Lipinski definition) is 5. The predicted octanol–water partition coefficient (Wildman–Crippen LogP) is 4.45. The van der Waals surface area contributed by atoms with Gasteiger partial charge in [-0.15, -0.1) is 0 Å². The highest BCUT2D eigenvalue weighted by Gasteiger charge is 2.48. The highest BCUT2D eigenvalue weighted by molar-refractivity contribution is 7.80. The molecular weight excluding hydrogens is 418 g/mol. The maximum Gasteiger partial charge on any atom is 0.180 e. The second-order valence-corrected chi connectivity index (χ2v) is 7.83. The minimum atomic E-state index is -0.817. The van der Waals surface area contributed by atoms with E-state index in [2.05, 4.69) is 28.8 Å². The molecule has 7 heteroatoms. The van der Waals surface area contributed by atoms with Gasteiger partial charge in [-0.25, -0.2) is 0 Å². The number of nitrogens with zero attached hydrogens (tertiary/aromatic N) is 3. The lowest BCUT2D eigenvalue weighted by atomic mass is 9.94. The Morgan fingerprint density at radius 1 is 0.969 bits per heavy atom. The van der Waals surface area contributed by atoms with E-state index in [4.69, 9.17) is 17.0 Å². The first-order valence-electron chi connectivity index (χ1n) is 9.90. The zero-order valence-electron chi connectivity index (χ0n) is 17.1. The van der Waals surface area contributed by atoms with Crippen molar-refractivity contribution in [2.45, 2.75) is 5.66 Å². The molecule has 154 valence electrons. The van der Waals surface area contributed by atoms with Crippen LogP contribution in [0.3, 0.4) is 0 Å². The van der Waals surface area contributed by atoms with E-state index in [1.54, 1.807) is 19.2 Å². The van der Waals surface area contributed by atoms with Crippen molar-refractivity contribution in [3.05, 3.63) is 95.1 Å². The maximum atomic E-state index is 9.55. The Morgan fingerprint density at radius 2 is 1.66 bits per heavy atom. The molecule has 3 aromatic rings. The molecule has 2 N–H and O–H groups in total. The van der Waals surface area contributed by atoms with Crippen molar-refractivity contribution in [2.75, 3.05) is 17.3 Å². The Balaban J connectivity index is 1.73. The first kappa shape index (κ1) is 19.6. The molecule has 3 aromatic carbocycles. The first-order chi connectivity index (χ1) is 15.6. The van der Waals surface area contributed by atoms with Gasteiger partial charge in [0.2, 0.25) is 0 Å². The SMILES string of the molecule is COc1ccc(C2=C[C@@]3(c4ccccc4)Nc4cc(C#N)c(C#N)cc4N3C(=S)N2)cc1. The van der Waals surface area contributed by atoms with Crippen molar-refractivity contribution >= 4 is 34.4 Å². The van der Waals surface area contributed by atoms with Gasteiger partial charge in [-0.2, -0.15) is 10.5 Å². The van der Waals surface area contributed by atoms with Crippen LogP contribution < -0.4 is 20.3 Å². The number of hydrogen-bond donors (Lipinski definition) is 2. The van der Waals surface area contributed by atoms with E-state index in [9.17, 15) is 10.5 Å². The number of nitrogens with one attached hydrogen (secondary N) is 2. The molecule has 0 saturated heterocycles. The molecule has 0 spiro atoms. The summed E-state index contributed by atoms with van der Waals surface area (Å²) in [5.74, 6) is 0.770. The number of nitriles is 2. The van der Waals surface area contributed by atoms with Crippen LogP contribution in [-0.4, -0.2) is 12.2 Å². The Labute approximate surface area is 191 Å². The summed E-state index contributed by atoms with van der Waals surface area (Å²) in [6, 6.07) is 25.3. The molecule has 2 heterocycles. The third-order valence-corrected chi connectivity index (χ3v) is 5.99. The van der Waals surface area contributed by atoms with Gasteiger partial charge in [-0.1, -0.05) is 30.3 Å². The monoisotopic (exact) mass is 435 g/mol. The van der Waals surface area contributed by atoms with E-state index in [1.165, 1.54) is 0 Å². The first-order valence-corrected chi connectivity index (χ1v) is 10.3. The zero-order chi connectivity index (χ0) is 22.3. The third kappa shape index (κ3) is 2.88. The number of anilines is 2. The molecule has 0 aromatic heterocycles. The summed E-state index contributed by atoms with van der Waals surface area (Å²) in [5, 5.41) is 26.5. The number of rotatable bonds is 3. The topological polar surface area (TPSA) is 84.1 Å². The molecule has 0 saturated carbocycles. The Kier molecular flexibility index (Phi) is 4.55. The van der Waals surface area contributed by atoms with Crippen molar-refractivity contribution < 1.29 is 4.74 Å². The molecule has 0 amide bonds. The van der Waals surface area contributed by atoms with Gasteiger partial charge in [0, 0.05) is 11.3 Å². The van der Waals surface area contributed by atoms with Gasteiger partial charge >= 0.3 is 0 Å². The summed E-state index contributed by atoms with van der Waals surface area (Å²) in [6.45, 7) is 0. The minimum Gasteiger partial charge on any atom is -0.497 e. The van der Waals surface area contributed by atoms with Gasteiger partial charge in [0.25, 0.3) is 0 Å². The number of methoxy groups -OCH3 is 1. The van der Waals surface area contributed by atoms with E-state index in [0.29, 0.717) is 16.2 Å². The number of thiocarbonyl (C=S) groups is 1. The van der Waals surface area contributed by atoms with Gasteiger partial charge in [0.1, 0.15) is 17.9 Å². The molecular formula is C25H17N5OS. The standard InChI is InChI=1S/C25H17N5OS/c1-31-20-9-7-16(8-10-20)22-13-25(19-5-3-2-4-6-19)29-21-11-17(14-26)18(15-27)12-23(21)30(25)24(32)28-22/h2-13,29H,1H3,(H,28,32)/t25-/m1/s1. The lowest BCUT2D eigenvalue weighted by molar-refractivity contribution is 0.415. The Hall–Kier alpha value is -4.33. The van der Waals surface area contributed by atoms with Crippen LogP contribution in [-0.2, 0) is 5.66 Å². The molecule has 1 atom stereocenters. The van der Waals surface area contributed by atoms with Crippen molar-refractivity contribution in [3.8, 4) is 17.9 Å². The van der Waals surface area contributed by atoms with Crippen LogP contribution in [0, 0.1) is 22.7 Å². The van der Waals surface area contributed by atoms with Gasteiger partial charge in [0.05, 0.1) is 29.6 Å². The van der Waals surface area contributed by atoms with Crippen molar-refractivity contribution in [2.24, 2.45) is 0 Å². The molecule has 0 fully saturated rings. The average molecular weight is 436 g/mol. The second kappa shape index (κ2) is 7.42. The van der Waals surface area contributed by atoms with Crippen LogP contribution in [0.15, 0.2) is 72.8 Å². The summed E-state index contributed by atoms with van der Waals surface area (Å²) < 4.78 is 5.28. The fourth-order valence-corrected chi connectivity index (χ4v) is 4.55. The molecule has 0 bridgehead atoms. The quantitative estimate of drug-likeness (QED) is 0.588. The summed E-state index contributed by atoms with van der Waals surface area (Å²) >= 11 is 5.82. The molecule has 0 aliphatic carbocycles. The van der Waals surface area contributed by atoms with E-state index in [1.807, 2.05) is 59.5 Å². The lowest BCUT2D eigenvalue weighted by Crippen LogP contribution is -2.56. The Morgan fingerprint density at radius 3 is 2.31 bits per heavy atom. The van der Waals surface area contributed by atoms with Crippen LogP contribution in [0.4, 0.5) is 11.4 Å². The van der Waals surface area contributed by atoms with E-state index in [0.717, 1.165) is 33.9 Å². The molecule has 2 aliphatic heterocycles. The predicted molar refractivity (Wildman–Crippen MR) is 127 cm³/mol. The third-order valence-electron chi connectivity index (χ3n) is 5.71. The van der Waals surface area contributed by atoms with E-state index < -0.39 is 5.66 Å². The Bertz CT molecular complexity index is 1350. The summed E-state index contributed by atoms with van der Waals surface area (Å²) in [5.41, 5.74) is 4.07. The van der Waals surface area contributed by atoms with Crippen LogP contribution in [0.2, 0.25) is 0 Å². The summed E-state index contributed by atoms with van der Waals surface area (Å²) in [6.07, 6.45) is 2.08. The smallest absolute Gasteiger partial charge is 0.180 e. The fourth-order valence-electron chi connectivity index (χ4n) is 4.20. The molecule has 0 unspecified atom stereocenters. The molecule has 2 aliphatic rings. The van der Waals surface area contributed by atoms with Crippen molar-refractivity contribution in [1.29, 1.82) is 10.5 Å².